The van der Waals surface area contributed by atoms with Crippen LogP contribution >= 0.6 is 12.6 Å². The summed E-state index contributed by atoms with van der Waals surface area (Å²) in [4.78, 5) is 5.02. The van der Waals surface area contributed by atoms with Crippen molar-refractivity contribution in [3.8, 4) is 5.75 Å². The Morgan fingerprint density at radius 1 is 1.25 bits per heavy atom. The minimum Gasteiger partial charge on any atom is -0.497 e. The Hall–Kier alpha value is -0.870. The van der Waals surface area contributed by atoms with E-state index in [9.17, 15) is 0 Å². The van der Waals surface area contributed by atoms with Crippen molar-refractivity contribution in [1.82, 2.24) is 4.90 Å². The van der Waals surface area contributed by atoms with Crippen molar-refractivity contribution in [3.63, 3.8) is 0 Å². The molecule has 2 rings (SSSR count). The summed E-state index contributed by atoms with van der Waals surface area (Å²) in [6.45, 7) is 7.91. The molecular weight excluding hydrogens is 268 g/mol. The van der Waals surface area contributed by atoms with Crippen molar-refractivity contribution in [1.29, 1.82) is 0 Å². The van der Waals surface area contributed by atoms with Crippen molar-refractivity contribution >= 4 is 18.3 Å². The number of hydrogen-bond donors (Lipinski definition) is 1. The van der Waals surface area contributed by atoms with Crippen molar-refractivity contribution in [2.24, 2.45) is 5.92 Å². The average molecular weight is 294 g/mol. The Labute approximate surface area is 128 Å². The zero-order valence-electron chi connectivity index (χ0n) is 12.6. The second kappa shape index (κ2) is 7.79. The van der Waals surface area contributed by atoms with Crippen LogP contribution in [0.4, 0.5) is 5.69 Å². The van der Waals surface area contributed by atoms with Crippen LogP contribution in [0.15, 0.2) is 24.3 Å². The standard InChI is InChI=1S/C16H26N2OS/c1-3-14(13-20)12-17-7-9-18(10-8-17)15-5-4-6-16(11-15)19-2/h4-6,11,14,20H,3,7-10,12-13H2,1-2H3. The first-order valence-electron chi connectivity index (χ1n) is 7.49. The van der Waals surface area contributed by atoms with E-state index < -0.39 is 0 Å². The maximum absolute atomic E-state index is 5.30. The third-order valence-electron chi connectivity index (χ3n) is 4.14. The van der Waals surface area contributed by atoms with E-state index in [4.69, 9.17) is 4.74 Å². The predicted octanol–water partition coefficient (Wildman–Crippen LogP) is 2.77. The minimum absolute atomic E-state index is 0.724. The summed E-state index contributed by atoms with van der Waals surface area (Å²) in [6.07, 6.45) is 1.22. The zero-order valence-corrected chi connectivity index (χ0v) is 13.5. The van der Waals surface area contributed by atoms with E-state index in [1.807, 2.05) is 6.07 Å². The van der Waals surface area contributed by atoms with Gasteiger partial charge in [0.15, 0.2) is 0 Å². The van der Waals surface area contributed by atoms with Gasteiger partial charge in [-0.1, -0.05) is 19.4 Å². The highest BCUT2D eigenvalue weighted by Crippen LogP contribution is 2.22. The number of ether oxygens (including phenoxy) is 1. The minimum atomic E-state index is 0.724. The molecule has 1 fully saturated rings. The molecule has 1 unspecified atom stereocenters. The summed E-state index contributed by atoms with van der Waals surface area (Å²) in [5.74, 6) is 2.65. The molecule has 3 nitrogen and oxygen atoms in total. The highest BCUT2D eigenvalue weighted by molar-refractivity contribution is 7.80. The lowest BCUT2D eigenvalue weighted by atomic mass is 10.1. The summed E-state index contributed by atoms with van der Waals surface area (Å²) >= 11 is 4.44. The lowest BCUT2D eigenvalue weighted by molar-refractivity contribution is 0.224. The summed E-state index contributed by atoms with van der Waals surface area (Å²) in [6, 6.07) is 8.35. The first-order chi connectivity index (χ1) is 9.76. The molecule has 0 saturated carbocycles. The van der Waals surface area contributed by atoms with Crippen LogP contribution in [0.5, 0.6) is 5.75 Å². The van der Waals surface area contributed by atoms with Crippen LogP contribution in [-0.4, -0.2) is 50.5 Å². The van der Waals surface area contributed by atoms with E-state index in [0.29, 0.717) is 0 Å². The third kappa shape index (κ3) is 4.06. The van der Waals surface area contributed by atoms with Crippen LogP contribution in [0.2, 0.25) is 0 Å². The molecule has 0 N–H and O–H groups in total. The van der Waals surface area contributed by atoms with Crippen molar-refractivity contribution < 1.29 is 4.74 Å². The molecule has 20 heavy (non-hydrogen) atoms. The van der Waals surface area contributed by atoms with E-state index >= 15 is 0 Å². The zero-order chi connectivity index (χ0) is 14.4. The van der Waals surface area contributed by atoms with Gasteiger partial charge in [0.2, 0.25) is 0 Å². The second-order valence-corrected chi connectivity index (χ2v) is 5.81. The van der Waals surface area contributed by atoms with Gasteiger partial charge in [-0.25, -0.2) is 0 Å². The SMILES string of the molecule is CCC(CS)CN1CCN(c2cccc(OC)c2)CC1. The van der Waals surface area contributed by atoms with Crippen molar-refractivity contribution in [2.75, 3.05) is 50.5 Å². The lowest BCUT2D eigenvalue weighted by Gasteiger charge is -2.37. The molecule has 0 radical (unpaired) electrons. The molecule has 0 aromatic heterocycles. The molecule has 1 atom stereocenters. The molecule has 1 aliphatic rings. The second-order valence-electron chi connectivity index (χ2n) is 5.45. The fraction of sp³-hybridized carbons (Fsp3) is 0.625. The first-order valence-corrected chi connectivity index (χ1v) is 8.12. The lowest BCUT2D eigenvalue weighted by Crippen LogP contribution is -2.48. The van der Waals surface area contributed by atoms with E-state index in [2.05, 4.69) is 47.6 Å². The largest absolute Gasteiger partial charge is 0.497 e. The summed E-state index contributed by atoms with van der Waals surface area (Å²) in [7, 11) is 1.72. The molecule has 1 saturated heterocycles. The summed E-state index contributed by atoms with van der Waals surface area (Å²) in [5.41, 5.74) is 1.27. The van der Waals surface area contributed by atoms with Gasteiger partial charge in [-0.05, 0) is 23.8 Å². The molecule has 4 heteroatoms. The summed E-state index contributed by atoms with van der Waals surface area (Å²) < 4.78 is 5.30. The van der Waals surface area contributed by atoms with E-state index in [-0.39, 0.29) is 0 Å². The number of thiol groups is 1. The molecule has 1 aliphatic heterocycles. The molecule has 1 heterocycles. The number of hydrogen-bond acceptors (Lipinski definition) is 4. The van der Waals surface area contributed by atoms with Crippen LogP contribution in [0.3, 0.4) is 0 Å². The Morgan fingerprint density at radius 3 is 2.60 bits per heavy atom. The fourth-order valence-electron chi connectivity index (χ4n) is 2.68. The molecule has 0 aliphatic carbocycles. The number of methoxy groups -OCH3 is 1. The van der Waals surface area contributed by atoms with E-state index in [1.54, 1.807) is 7.11 Å². The molecular formula is C16H26N2OS. The Kier molecular flexibility index (Phi) is 6.05. The van der Waals surface area contributed by atoms with Crippen LogP contribution in [0.1, 0.15) is 13.3 Å². The third-order valence-corrected chi connectivity index (χ3v) is 4.66. The Bertz CT molecular complexity index is 401. The predicted molar refractivity (Wildman–Crippen MR) is 89.3 cm³/mol. The average Bonchev–Trinajstić information content (AvgIpc) is 2.53. The molecule has 112 valence electrons. The van der Waals surface area contributed by atoms with Gasteiger partial charge >= 0.3 is 0 Å². The van der Waals surface area contributed by atoms with Crippen LogP contribution < -0.4 is 9.64 Å². The summed E-state index contributed by atoms with van der Waals surface area (Å²) in [5, 5.41) is 0. The topological polar surface area (TPSA) is 15.7 Å². The molecule has 0 bridgehead atoms. The van der Waals surface area contributed by atoms with Gasteiger partial charge in [0.1, 0.15) is 5.75 Å². The highest BCUT2D eigenvalue weighted by Gasteiger charge is 2.19. The van der Waals surface area contributed by atoms with Crippen LogP contribution in [0.25, 0.3) is 0 Å². The van der Waals surface area contributed by atoms with Crippen LogP contribution in [0, 0.1) is 5.92 Å². The van der Waals surface area contributed by atoms with Gasteiger partial charge in [0.05, 0.1) is 7.11 Å². The maximum atomic E-state index is 5.30. The van der Waals surface area contributed by atoms with Gasteiger partial charge in [-0.15, -0.1) is 0 Å². The van der Waals surface area contributed by atoms with Gasteiger partial charge < -0.3 is 9.64 Å². The number of nitrogens with zero attached hydrogens (tertiary/aromatic N) is 2. The van der Waals surface area contributed by atoms with Gasteiger partial charge in [-0.2, -0.15) is 12.6 Å². The molecule has 0 amide bonds. The molecule has 0 spiro atoms. The number of anilines is 1. The quantitative estimate of drug-likeness (QED) is 0.813. The maximum Gasteiger partial charge on any atom is 0.120 e. The highest BCUT2D eigenvalue weighted by atomic mass is 32.1. The Morgan fingerprint density at radius 2 is 2.00 bits per heavy atom. The molecule has 1 aromatic carbocycles. The smallest absolute Gasteiger partial charge is 0.120 e. The fourth-order valence-corrected chi connectivity index (χ4v) is 3.05. The van der Waals surface area contributed by atoms with Crippen LogP contribution in [-0.2, 0) is 0 Å². The normalized spacial score (nSPS) is 18.1. The van der Waals surface area contributed by atoms with E-state index in [1.165, 1.54) is 18.7 Å². The van der Waals surface area contributed by atoms with Crippen molar-refractivity contribution in [2.45, 2.75) is 13.3 Å². The molecule has 1 aromatic rings. The first kappa shape index (κ1) is 15.5. The van der Waals surface area contributed by atoms with E-state index in [0.717, 1.165) is 43.6 Å². The number of piperazine rings is 1. The van der Waals surface area contributed by atoms with Gasteiger partial charge in [-0.3, -0.25) is 4.90 Å². The van der Waals surface area contributed by atoms with Gasteiger partial charge in [0.25, 0.3) is 0 Å². The van der Waals surface area contributed by atoms with Crippen molar-refractivity contribution in [3.05, 3.63) is 24.3 Å². The number of benzene rings is 1. The monoisotopic (exact) mass is 294 g/mol. The van der Waals surface area contributed by atoms with Gasteiger partial charge in [0, 0.05) is 44.5 Å². The number of rotatable bonds is 6. The Balaban J connectivity index is 1.87.